The fraction of sp³-hybridized carbons (Fsp3) is 0.597. The lowest BCUT2D eigenvalue weighted by molar-refractivity contribution is -0.116. The summed E-state index contributed by atoms with van der Waals surface area (Å²) >= 11 is 13.9. The lowest BCUT2D eigenvalue weighted by Crippen LogP contribution is -2.56. The summed E-state index contributed by atoms with van der Waals surface area (Å²) in [6.07, 6.45) is -5.04. The number of thiocarbonyl (C=S) groups is 1. The molecule has 7 aliphatic heterocycles. The summed E-state index contributed by atoms with van der Waals surface area (Å²) in [7, 11) is -8.06. The van der Waals surface area contributed by atoms with Crippen molar-refractivity contribution >= 4 is 173 Å². The molecule has 15 heterocycles. The third-order valence-corrected chi connectivity index (χ3v) is 36.7. The van der Waals surface area contributed by atoms with Crippen LogP contribution in [0, 0.1) is 7.40 Å². The van der Waals surface area contributed by atoms with Crippen molar-refractivity contribution in [3.63, 3.8) is 0 Å². The van der Waals surface area contributed by atoms with Crippen LogP contribution in [0.3, 0.4) is 0 Å². The van der Waals surface area contributed by atoms with Gasteiger partial charge in [-0.05, 0) is 127 Å². The molecule has 16 atom stereocenters. The van der Waals surface area contributed by atoms with Crippen LogP contribution in [0.4, 0.5) is 23.3 Å². The molecule has 7 aliphatic rings. The number of ether oxygens (including phenoxy) is 8. The molecule has 0 bridgehead atoms. The van der Waals surface area contributed by atoms with Gasteiger partial charge in [-0.15, -0.1) is 0 Å². The van der Waals surface area contributed by atoms with E-state index >= 15 is 0 Å². The number of nitrogen functional groups attached to an aromatic ring is 4. The third kappa shape index (κ3) is 18.4. The molecule has 40 nitrogen and oxygen atoms in total. The highest BCUT2D eigenvalue weighted by Gasteiger charge is 2.59. The van der Waals surface area contributed by atoms with Crippen molar-refractivity contribution in [1.29, 1.82) is 0 Å². The maximum absolute atomic E-state index is 11.3. The average Bonchev–Trinajstić information content (AvgIpc) is 1.61. The third-order valence-electron chi connectivity index (χ3n) is 21.7. The molecule has 8 aromatic heterocycles. The SMILES string of the molecule is C=Cc1nn([C@@H]2O[C@H]3COCO[Si](C(C)C)(C(C)C)O[C@H]3[C@H]2O)c2ncnc(N)c12.CC(C)[Si]1(C(C)C)OCOC[C@@H]2O[C@@H](n3nc(I)c4c(N)ncnc43)[C@H](O)[C@@H]2O1.CCc1nn([C@@H]2O[C@H]3COCO[Si](C(C)C)(C(C)C)O[C@H]3[C@H]2O)c2ncnc(N)c12.Nc1ncnc2c1c(I)nn2[C@@H]1O[C@@H](CO)[C@@H](O)[C@H]1O.S=C(Cl)Oc1ccccc1. The molecule has 0 spiro atoms. The number of nitrogens with zero attached hydrogens (tertiary/aromatic N) is 16. The summed E-state index contributed by atoms with van der Waals surface area (Å²) in [6, 6.07) is 9.17. The van der Waals surface area contributed by atoms with Gasteiger partial charge >= 0.3 is 25.7 Å². The van der Waals surface area contributed by atoms with E-state index in [2.05, 4.69) is 185 Å². The van der Waals surface area contributed by atoms with Gasteiger partial charge in [0.15, 0.2) is 47.5 Å². The Bertz CT molecular complexity index is 4950. The molecular formula is C72H103ClI2N20O20SSi3. The van der Waals surface area contributed by atoms with Gasteiger partial charge in [-0.3, -0.25) is 0 Å². The van der Waals surface area contributed by atoms with Crippen molar-refractivity contribution in [3.05, 3.63) is 81.0 Å². The van der Waals surface area contributed by atoms with Crippen molar-refractivity contribution in [2.75, 3.05) is 69.7 Å². The molecule has 7 fully saturated rings. The van der Waals surface area contributed by atoms with Crippen LogP contribution in [0.25, 0.3) is 50.2 Å². The number of aromatic nitrogens is 16. The number of aryl methyl sites for hydroxylation is 1. The van der Waals surface area contributed by atoms with E-state index in [0.29, 0.717) is 86.9 Å². The van der Waals surface area contributed by atoms with Gasteiger partial charge in [-0.25, -0.2) is 58.6 Å². The van der Waals surface area contributed by atoms with Gasteiger partial charge in [0.1, 0.15) is 155 Å². The Hall–Kier alpha value is -6.11. The van der Waals surface area contributed by atoms with Crippen LogP contribution in [0.2, 0.25) is 33.2 Å². The Labute approximate surface area is 725 Å². The number of anilines is 4. The first kappa shape index (κ1) is 92.1. The molecule has 16 rings (SSSR count). The lowest BCUT2D eigenvalue weighted by atomic mass is 10.1. The largest absolute Gasteiger partial charge is 0.436 e. The van der Waals surface area contributed by atoms with E-state index in [1.807, 2.05) is 47.7 Å². The Kier molecular flexibility index (Phi) is 30.2. The maximum atomic E-state index is 11.3. The van der Waals surface area contributed by atoms with Crippen LogP contribution in [-0.4, -0.2) is 260 Å². The van der Waals surface area contributed by atoms with E-state index in [1.54, 1.807) is 27.6 Å². The molecule has 14 N–H and O–H groups in total. The molecule has 7 saturated heterocycles. The van der Waals surface area contributed by atoms with E-state index < -0.39 is 130 Å². The molecule has 0 radical (unpaired) electrons. The highest BCUT2D eigenvalue weighted by molar-refractivity contribution is 14.1. The quantitative estimate of drug-likeness (QED) is 0.0227. The van der Waals surface area contributed by atoms with Crippen LogP contribution in [-0.2, 0) is 66.1 Å². The van der Waals surface area contributed by atoms with Crippen molar-refractivity contribution in [1.82, 2.24) is 79.0 Å². The fourth-order valence-electron chi connectivity index (χ4n) is 15.8. The summed E-state index contributed by atoms with van der Waals surface area (Å²) in [5.41, 5.74) is 28.1. The van der Waals surface area contributed by atoms with Crippen LogP contribution in [0.5, 0.6) is 5.75 Å². The zero-order valence-electron chi connectivity index (χ0n) is 67.7. The monoisotopic (exact) mass is 1970 g/mol. The highest BCUT2D eigenvalue weighted by atomic mass is 127. The minimum Gasteiger partial charge on any atom is -0.436 e. The van der Waals surface area contributed by atoms with Crippen LogP contribution >= 0.6 is 69.0 Å². The Morgan fingerprint density at radius 3 is 1.18 bits per heavy atom. The summed E-state index contributed by atoms with van der Waals surface area (Å²) in [5.74, 6) is 1.93. The summed E-state index contributed by atoms with van der Waals surface area (Å²) in [5, 5.41) is 83.1. The lowest BCUT2D eigenvalue weighted by Gasteiger charge is -2.42. The molecule has 650 valence electrons. The number of hydrogen-bond donors (Lipinski definition) is 10. The van der Waals surface area contributed by atoms with Crippen molar-refractivity contribution in [3.8, 4) is 5.75 Å². The molecule has 0 aliphatic carbocycles. The van der Waals surface area contributed by atoms with E-state index in [-0.39, 0.29) is 83.8 Å². The predicted octanol–water partition coefficient (Wildman–Crippen LogP) is 6.98. The number of nitrogens with two attached hydrogens (primary N) is 4. The Morgan fingerprint density at radius 1 is 0.504 bits per heavy atom. The van der Waals surface area contributed by atoms with Gasteiger partial charge in [-0.2, -0.15) is 20.4 Å². The number of aliphatic hydroxyl groups excluding tert-OH is 6. The second-order valence-electron chi connectivity index (χ2n) is 30.9. The number of fused-ring (bicyclic) bond motifs is 7. The minimum absolute atomic E-state index is 0.0196. The van der Waals surface area contributed by atoms with Crippen molar-refractivity contribution < 1.29 is 95.1 Å². The molecule has 1 aromatic carbocycles. The zero-order chi connectivity index (χ0) is 86.0. The zero-order valence-corrected chi connectivity index (χ0v) is 76.6. The first-order chi connectivity index (χ1) is 56.7. The average molecular weight is 1970 g/mol. The normalized spacial score (nSPS) is 27.9. The molecule has 9 aromatic rings. The summed E-state index contributed by atoms with van der Waals surface area (Å²) in [4.78, 5) is 33.1. The summed E-state index contributed by atoms with van der Waals surface area (Å²) < 4.78 is 91.6. The number of halogens is 3. The van der Waals surface area contributed by atoms with Crippen molar-refractivity contribution in [2.45, 2.75) is 228 Å². The molecule has 0 unspecified atom stereocenters. The van der Waals surface area contributed by atoms with Gasteiger partial charge in [0.2, 0.25) is 0 Å². The van der Waals surface area contributed by atoms with E-state index in [1.165, 1.54) is 34.7 Å². The van der Waals surface area contributed by atoms with Gasteiger partial charge in [0.05, 0.1) is 59.4 Å². The van der Waals surface area contributed by atoms with Gasteiger partial charge < -0.3 is 118 Å². The fourth-order valence-corrected chi connectivity index (χ4v) is 28.3. The van der Waals surface area contributed by atoms with E-state index in [0.717, 1.165) is 5.69 Å². The van der Waals surface area contributed by atoms with Gasteiger partial charge in [0, 0.05) is 0 Å². The molecular weight excluding hydrogens is 1870 g/mol. The van der Waals surface area contributed by atoms with Crippen LogP contribution in [0.1, 0.15) is 126 Å². The number of para-hydroxylation sites is 1. The van der Waals surface area contributed by atoms with Gasteiger partial charge in [-0.1, -0.05) is 115 Å². The van der Waals surface area contributed by atoms with Crippen molar-refractivity contribution in [2.24, 2.45) is 0 Å². The standard InChI is InChI=1S/C19H31N5O5Si.C19H29N5O5Si.C17H26IN5O5Si.C10H12IN5O4.C7H5ClOS/c2*1-6-12-14-17(20)21-8-22-18(14)24(23-12)19-15(25)16-13(28-19)7-26-9-27-30(29-16,10(2)3)11(4)5;1-8(2)29(9(3)4)26-7-25-5-10-13(28-29)12(24)17(27-10)23-16-11(14(18)22-23)15(19)20-6-21-16;11-7-4-8(12)13-2-14-9(4)16(15-7)10-6(19)5(18)3(1-17)20-10;8-7(10)9-6-4-2-1-3-5-6/h8,10-11,13,15-16,19,25H,6-7,9H2,1-5H3,(H2,20,21,22);6,8,10-11,13,15-16,19,25H,1,7,9H2,2-5H3,(H2,20,21,22);6,8-10,12-13,17,24H,5,7H2,1-4H3,(H2,19,20,21);2-3,5-6,10,17-19H,1H2,(H2,12,13,14);1-5H/t2*13-,15+,16+,19+;10-,12+,13+,17+;3-,5+,6+,10+;/m0000./s1. The first-order valence-corrected chi connectivity index (χ1v) is 47.7. The second-order valence-corrected chi connectivity index (χ2v) is 46.7. The molecule has 0 amide bonds. The number of benzene rings is 1. The van der Waals surface area contributed by atoms with E-state index in [4.69, 9.17) is 104 Å². The predicted molar refractivity (Wildman–Crippen MR) is 460 cm³/mol. The number of rotatable bonds is 14. The topological polar surface area (TPSA) is 529 Å². The molecule has 0 saturated carbocycles. The van der Waals surface area contributed by atoms with Crippen LogP contribution in [0.15, 0.2) is 62.2 Å². The summed E-state index contributed by atoms with van der Waals surface area (Å²) in [6.45, 7) is 31.6. The van der Waals surface area contributed by atoms with Gasteiger partial charge in [0.25, 0.3) is 4.51 Å². The smallest absolute Gasteiger partial charge is 0.345 e. The first-order valence-electron chi connectivity index (χ1n) is 38.8. The Balaban J connectivity index is 0.000000141. The highest BCUT2D eigenvalue weighted by Crippen LogP contribution is 2.47. The maximum Gasteiger partial charge on any atom is 0.345 e. The minimum atomic E-state index is -2.70. The number of hydrogen-bond acceptors (Lipinski definition) is 37. The Morgan fingerprint density at radius 2 is 0.840 bits per heavy atom. The van der Waals surface area contributed by atoms with E-state index in [9.17, 15) is 25.5 Å². The number of aliphatic hydroxyl groups is 6. The van der Waals surface area contributed by atoms with Crippen LogP contribution < -0.4 is 27.7 Å². The molecule has 119 heavy (non-hydrogen) atoms. The second kappa shape index (κ2) is 39.0. The molecule has 47 heteroatoms.